The van der Waals surface area contributed by atoms with Crippen LogP contribution in [0.5, 0.6) is 0 Å². The van der Waals surface area contributed by atoms with E-state index in [4.69, 9.17) is 0 Å². The van der Waals surface area contributed by atoms with Gasteiger partial charge in [-0.1, -0.05) is 40.0 Å². The summed E-state index contributed by atoms with van der Waals surface area (Å²) in [5.41, 5.74) is -0.784. The van der Waals surface area contributed by atoms with Crippen molar-refractivity contribution in [2.75, 3.05) is 12.8 Å². The van der Waals surface area contributed by atoms with Crippen molar-refractivity contribution in [2.45, 2.75) is 135 Å². The lowest BCUT2D eigenvalue weighted by molar-refractivity contribution is -0.146. The average Bonchev–Trinajstić information content (AvgIpc) is 3.63. The number of Topliss-reactive ketones (excluding diaryl/α,β-unsaturated/α-hetero) is 1. The molecule has 2 aliphatic heterocycles. The fraction of sp³-hybridized carbons (Fsp3) is 0.824. The fourth-order valence-electron chi connectivity index (χ4n) is 8.40. The second-order valence-corrected chi connectivity index (χ2v) is 18.0. The van der Waals surface area contributed by atoms with Gasteiger partial charge in [0.2, 0.25) is 39.4 Å². The minimum absolute atomic E-state index is 0.00586. The summed E-state index contributed by atoms with van der Waals surface area (Å²) < 4.78 is 25.8. The highest BCUT2D eigenvalue weighted by Gasteiger charge is 2.55. The normalized spacial score (nSPS) is 29.4. The van der Waals surface area contributed by atoms with E-state index in [0.717, 1.165) is 51.2 Å². The standard InChI is InChI=1S/C34H54N6O8S/c1-18(39-49(5,47)48)29(42)37-25(20-9-7-6-8-10-20)30(43)38-28(34(2,3)4)33(46)40-17-21-15-19-11-14-24(27(41)32(45)35-22-12-13-22)36-31(44)26(40)23(21)16-19/h18-26,28,39H,6-17H2,1-5H3,(H,35,45)(H,36,44)(H,37,42)(H,38,43)/t18-,19?,21+,23+,24+,25+,26+,28-/m1/s1. The maximum Gasteiger partial charge on any atom is 0.289 e. The Labute approximate surface area is 289 Å². The number of hydrogen-bond acceptors (Lipinski definition) is 8. The van der Waals surface area contributed by atoms with Crippen molar-refractivity contribution < 1.29 is 37.2 Å². The maximum atomic E-state index is 14.5. The number of ketones is 1. The van der Waals surface area contributed by atoms with Crippen LogP contribution in [0, 0.1) is 29.1 Å². The van der Waals surface area contributed by atoms with Crippen molar-refractivity contribution in [3.05, 3.63) is 0 Å². The van der Waals surface area contributed by atoms with Gasteiger partial charge in [-0.05, 0) is 87.4 Å². The zero-order chi connectivity index (χ0) is 35.8. The summed E-state index contributed by atoms with van der Waals surface area (Å²) in [7, 11) is -3.68. The highest BCUT2D eigenvalue weighted by molar-refractivity contribution is 7.88. The van der Waals surface area contributed by atoms with Crippen LogP contribution in [0.25, 0.3) is 0 Å². The van der Waals surface area contributed by atoms with E-state index in [-0.39, 0.29) is 29.7 Å². The third-order valence-corrected chi connectivity index (χ3v) is 11.9. The van der Waals surface area contributed by atoms with Gasteiger partial charge in [0.25, 0.3) is 5.91 Å². The monoisotopic (exact) mass is 706 g/mol. The Morgan fingerprint density at radius 2 is 1.57 bits per heavy atom. The number of nitrogens with zero attached hydrogens (tertiary/aromatic N) is 1. The Morgan fingerprint density at radius 3 is 2.18 bits per heavy atom. The summed E-state index contributed by atoms with van der Waals surface area (Å²) in [6, 6.07) is -4.97. The number of amides is 5. The second-order valence-electron chi connectivity index (χ2n) is 16.3. The number of carbonyl (C=O) groups is 6. The van der Waals surface area contributed by atoms with Gasteiger partial charge >= 0.3 is 0 Å². The molecule has 0 radical (unpaired) electrons. The van der Waals surface area contributed by atoms with E-state index >= 15 is 0 Å². The number of sulfonamides is 1. The zero-order valence-electron chi connectivity index (χ0n) is 29.4. The number of likely N-dealkylation sites (tertiary alicyclic amines) is 1. The Balaban J connectivity index is 1.35. The highest BCUT2D eigenvalue weighted by atomic mass is 32.2. The second kappa shape index (κ2) is 14.7. The first-order valence-electron chi connectivity index (χ1n) is 18.0. The Hall–Kier alpha value is -3.07. The lowest BCUT2D eigenvalue weighted by Crippen LogP contribution is -2.63. The van der Waals surface area contributed by atoms with Crippen LogP contribution in [0.15, 0.2) is 0 Å². The van der Waals surface area contributed by atoms with E-state index in [0.29, 0.717) is 32.2 Å². The molecule has 274 valence electrons. The van der Waals surface area contributed by atoms with Gasteiger partial charge in [-0.15, -0.1) is 0 Å². The number of hydrogen-bond donors (Lipinski definition) is 5. The first-order chi connectivity index (χ1) is 22.9. The number of rotatable bonds is 11. The molecular formula is C34H54N6O8S. The lowest BCUT2D eigenvalue weighted by Gasteiger charge is -2.38. The molecule has 5 N–H and O–H groups in total. The van der Waals surface area contributed by atoms with Crippen LogP contribution in [-0.4, -0.2) is 97.7 Å². The van der Waals surface area contributed by atoms with E-state index < -0.39 is 81.0 Å². The Kier molecular flexibility index (Phi) is 11.1. The molecule has 2 saturated heterocycles. The predicted molar refractivity (Wildman–Crippen MR) is 180 cm³/mol. The van der Waals surface area contributed by atoms with Crippen LogP contribution in [0.1, 0.15) is 98.3 Å². The molecule has 5 aliphatic rings. The van der Waals surface area contributed by atoms with Crippen molar-refractivity contribution in [3.8, 4) is 0 Å². The largest absolute Gasteiger partial charge is 0.347 e. The predicted octanol–water partition coefficient (Wildman–Crippen LogP) is 0.500. The summed E-state index contributed by atoms with van der Waals surface area (Å²) in [4.78, 5) is 83.1. The average molecular weight is 707 g/mol. The molecule has 3 aliphatic carbocycles. The van der Waals surface area contributed by atoms with Crippen molar-refractivity contribution in [3.63, 3.8) is 0 Å². The van der Waals surface area contributed by atoms with E-state index in [2.05, 4.69) is 26.0 Å². The first kappa shape index (κ1) is 37.2. The molecule has 0 spiro atoms. The third kappa shape index (κ3) is 9.00. The molecule has 0 aromatic heterocycles. The molecule has 14 nitrogen and oxygen atoms in total. The van der Waals surface area contributed by atoms with Crippen LogP contribution < -0.4 is 26.0 Å². The summed E-state index contributed by atoms with van der Waals surface area (Å²) in [5, 5.41) is 11.3. The molecule has 0 aromatic carbocycles. The van der Waals surface area contributed by atoms with Crippen LogP contribution in [0.4, 0.5) is 0 Å². The Morgan fingerprint density at radius 1 is 0.898 bits per heavy atom. The van der Waals surface area contributed by atoms with Crippen LogP contribution >= 0.6 is 0 Å². The first-order valence-corrected chi connectivity index (χ1v) is 19.9. The van der Waals surface area contributed by atoms with Gasteiger partial charge < -0.3 is 26.2 Å². The molecule has 3 saturated carbocycles. The van der Waals surface area contributed by atoms with Gasteiger partial charge in [-0.25, -0.2) is 13.1 Å². The molecule has 2 bridgehead atoms. The quantitative estimate of drug-likeness (QED) is 0.191. The molecule has 5 amide bonds. The molecule has 15 heteroatoms. The van der Waals surface area contributed by atoms with Gasteiger partial charge in [0.15, 0.2) is 0 Å². The van der Waals surface area contributed by atoms with Crippen molar-refractivity contribution in [1.29, 1.82) is 0 Å². The minimum atomic E-state index is -3.68. The molecule has 8 atom stereocenters. The SMILES string of the molecule is C[C@@H](NS(C)(=O)=O)C(=O)N[C@H](C(=O)N[C@H](C(=O)N1C[C@@H]2CC3CC[C@@H](C(=O)C(=O)NC4CC4)NC(=O)[C@@H]1[C@H]2C3)C(C)(C)C)C1CCCCC1. The molecule has 0 aromatic rings. The summed E-state index contributed by atoms with van der Waals surface area (Å²) in [5.74, 6) is -3.33. The van der Waals surface area contributed by atoms with Crippen molar-refractivity contribution in [2.24, 2.45) is 29.1 Å². The van der Waals surface area contributed by atoms with Crippen LogP contribution in [0.2, 0.25) is 0 Å². The number of fused-ring (bicyclic) bond motifs is 1. The highest BCUT2D eigenvalue weighted by Crippen LogP contribution is 2.48. The van der Waals surface area contributed by atoms with Gasteiger partial charge in [0.05, 0.1) is 18.3 Å². The summed E-state index contributed by atoms with van der Waals surface area (Å²) >= 11 is 0. The van der Waals surface area contributed by atoms with E-state index in [1.165, 1.54) is 6.92 Å². The molecule has 1 unspecified atom stereocenters. The van der Waals surface area contributed by atoms with Crippen molar-refractivity contribution >= 4 is 45.3 Å². The smallest absolute Gasteiger partial charge is 0.289 e. The van der Waals surface area contributed by atoms with Crippen LogP contribution in [-0.2, 0) is 38.8 Å². The molecule has 5 fully saturated rings. The number of carbonyl (C=O) groups excluding carboxylic acids is 6. The third-order valence-electron chi connectivity index (χ3n) is 11.1. The molecule has 49 heavy (non-hydrogen) atoms. The van der Waals surface area contributed by atoms with Gasteiger partial charge in [-0.2, -0.15) is 0 Å². The Bertz CT molecular complexity index is 1440. The molecule has 5 rings (SSSR count). The van der Waals surface area contributed by atoms with Gasteiger partial charge in [-0.3, -0.25) is 28.8 Å². The van der Waals surface area contributed by atoms with Gasteiger partial charge in [0.1, 0.15) is 18.1 Å². The topological polar surface area (TPSA) is 200 Å². The molecular weight excluding hydrogens is 652 g/mol. The summed E-state index contributed by atoms with van der Waals surface area (Å²) in [6.07, 6.45) is 9.39. The minimum Gasteiger partial charge on any atom is -0.347 e. The van der Waals surface area contributed by atoms with Crippen LogP contribution in [0.3, 0.4) is 0 Å². The van der Waals surface area contributed by atoms with E-state index in [1.54, 1.807) is 4.90 Å². The van der Waals surface area contributed by atoms with Crippen molar-refractivity contribution in [1.82, 2.24) is 30.9 Å². The zero-order valence-corrected chi connectivity index (χ0v) is 30.2. The lowest BCUT2D eigenvalue weighted by atomic mass is 9.82. The van der Waals surface area contributed by atoms with E-state index in [1.807, 2.05) is 20.8 Å². The van der Waals surface area contributed by atoms with Gasteiger partial charge in [0, 0.05) is 12.6 Å². The molecule has 2 heterocycles. The summed E-state index contributed by atoms with van der Waals surface area (Å²) in [6.45, 7) is 7.23. The maximum absolute atomic E-state index is 14.5. The number of nitrogens with one attached hydrogen (secondary N) is 5. The fourth-order valence-corrected chi connectivity index (χ4v) is 9.15. The van der Waals surface area contributed by atoms with E-state index in [9.17, 15) is 37.2 Å².